The van der Waals surface area contributed by atoms with Gasteiger partial charge in [0.1, 0.15) is 24.1 Å². The van der Waals surface area contributed by atoms with Gasteiger partial charge in [0.2, 0.25) is 11.8 Å². The van der Waals surface area contributed by atoms with Crippen LogP contribution in [-0.2, 0) is 26.2 Å². The number of anilines is 1. The Morgan fingerprint density at radius 1 is 0.860 bits per heavy atom. The summed E-state index contributed by atoms with van der Waals surface area (Å²) in [6.45, 7) is 3.17. The number of hydrogen-bond acceptors (Lipinski definition) is 8. The van der Waals surface area contributed by atoms with Crippen LogP contribution in [0.1, 0.15) is 24.5 Å². The Morgan fingerprint density at radius 2 is 1.53 bits per heavy atom. The molecule has 232 valence electrons. The van der Waals surface area contributed by atoms with Crippen LogP contribution in [0.15, 0.2) is 65.6 Å². The number of aryl methyl sites for hydroxylation is 1. The van der Waals surface area contributed by atoms with Crippen LogP contribution in [0.4, 0.5) is 5.69 Å². The Balaban J connectivity index is 2.20. The molecule has 0 saturated carbocycles. The van der Waals surface area contributed by atoms with Gasteiger partial charge in [-0.3, -0.25) is 13.9 Å². The molecule has 2 amide bonds. The summed E-state index contributed by atoms with van der Waals surface area (Å²) in [5.74, 6) is 0.121. The number of carbonyl (C=O) groups excluding carboxylic acids is 2. The van der Waals surface area contributed by atoms with E-state index in [1.807, 2.05) is 31.2 Å². The fourth-order valence-electron chi connectivity index (χ4n) is 4.70. The molecule has 0 aliphatic rings. The maximum atomic E-state index is 14.3. The number of sulfonamides is 1. The van der Waals surface area contributed by atoms with E-state index in [4.69, 9.17) is 18.9 Å². The third-order valence-electron chi connectivity index (χ3n) is 6.94. The van der Waals surface area contributed by atoms with Gasteiger partial charge >= 0.3 is 0 Å². The van der Waals surface area contributed by atoms with E-state index in [9.17, 15) is 18.0 Å². The van der Waals surface area contributed by atoms with Crippen molar-refractivity contribution in [3.8, 4) is 23.0 Å². The minimum absolute atomic E-state index is 0.0773. The molecule has 0 radical (unpaired) electrons. The molecule has 0 unspecified atom stereocenters. The first-order chi connectivity index (χ1) is 20.5. The van der Waals surface area contributed by atoms with Gasteiger partial charge in [-0.25, -0.2) is 8.42 Å². The van der Waals surface area contributed by atoms with Crippen molar-refractivity contribution in [2.75, 3.05) is 46.3 Å². The summed E-state index contributed by atoms with van der Waals surface area (Å²) in [5.41, 5.74) is 1.86. The molecule has 0 spiro atoms. The second kappa shape index (κ2) is 14.6. The van der Waals surface area contributed by atoms with Crippen molar-refractivity contribution < 1.29 is 37.0 Å². The first-order valence-electron chi connectivity index (χ1n) is 13.6. The number of methoxy groups -OCH3 is 4. The van der Waals surface area contributed by atoms with E-state index in [2.05, 4.69) is 5.32 Å². The van der Waals surface area contributed by atoms with E-state index in [0.29, 0.717) is 17.9 Å². The summed E-state index contributed by atoms with van der Waals surface area (Å²) in [5, 5.41) is 2.62. The molecule has 0 saturated heterocycles. The lowest BCUT2D eigenvalue weighted by Crippen LogP contribution is -2.51. The van der Waals surface area contributed by atoms with Crippen LogP contribution in [0.2, 0.25) is 0 Å². The summed E-state index contributed by atoms with van der Waals surface area (Å²) >= 11 is 0. The number of amides is 2. The highest BCUT2D eigenvalue weighted by Gasteiger charge is 2.35. The Labute approximate surface area is 253 Å². The molecule has 0 bridgehead atoms. The fourth-order valence-corrected chi connectivity index (χ4v) is 6.14. The molecule has 1 atom stereocenters. The van der Waals surface area contributed by atoms with Gasteiger partial charge in [0.15, 0.2) is 11.5 Å². The molecular weight excluding hydrogens is 574 g/mol. The Morgan fingerprint density at radius 3 is 2.12 bits per heavy atom. The number of hydrogen-bond donors (Lipinski definition) is 1. The average molecular weight is 614 g/mol. The Kier molecular flexibility index (Phi) is 11.2. The fraction of sp³-hybridized carbons (Fsp3) is 0.355. The molecule has 11 nitrogen and oxygen atoms in total. The number of rotatable bonds is 14. The summed E-state index contributed by atoms with van der Waals surface area (Å²) < 4.78 is 51.2. The van der Waals surface area contributed by atoms with E-state index in [-0.39, 0.29) is 34.5 Å². The molecule has 3 rings (SSSR count). The first kappa shape index (κ1) is 33.1. The van der Waals surface area contributed by atoms with E-state index in [1.54, 1.807) is 19.1 Å². The van der Waals surface area contributed by atoms with Crippen LogP contribution in [-0.4, -0.2) is 73.2 Å². The summed E-state index contributed by atoms with van der Waals surface area (Å²) in [7, 11) is 2.76. The summed E-state index contributed by atoms with van der Waals surface area (Å²) in [6.07, 6.45) is 0.308. The molecule has 0 fully saturated rings. The number of ether oxygens (including phenoxy) is 4. The van der Waals surface area contributed by atoms with Gasteiger partial charge in [-0.1, -0.05) is 36.8 Å². The number of nitrogens with one attached hydrogen (secondary N) is 1. The molecule has 1 N–H and O–H groups in total. The maximum Gasteiger partial charge on any atom is 0.265 e. The van der Waals surface area contributed by atoms with E-state index >= 15 is 0 Å². The maximum absolute atomic E-state index is 14.3. The van der Waals surface area contributed by atoms with Crippen LogP contribution in [0.25, 0.3) is 0 Å². The lowest BCUT2D eigenvalue weighted by atomic mass is 10.1. The van der Waals surface area contributed by atoms with Crippen molar-refractivity contribution in [2.24, 2.45) is 0 Å². The second-order valence-corrected chi connectivity index (χ2v) is 11.5. The van der Waals surface area contributed by atoms with Gasteiger partial charge in [0.25, 0.3) is 10.0 Å². The third-order valence-corrected chi connectivity index (χ3v) is 8.70. The molecule has 43 heavy (non-hydrogen) atoms. The highest BCUT2D eigenvalue weighted by molar-refractivity contribution is 7.92. The van der Waals surface area contributed by atoms with Crippen LogP contribution >= 0.6 is 0 Å². The van der Waals surface area contributed by atoms with Crippen molar-refractivity contribution in [1.82, 2.24) is 10.2 Å². The van der Waals surface area contributed by atoms with Crippen molar-refractivity contribution in [2.45, 2.75) is 37.8 Å². The number of likely N-dealkylation sites (N-methyl/N-ethyl adjacent to an activating group) is 1. The molecule has 3 aromatic rings. The van der Waals surface area contributed by atoms with Gasteiger partial charge in [-0.05, 0) is 43.2 Å². The lowest BCUT2D eigenvalue weighted by molar-refractivity contribution is -0.140. The monoisotopic (exact) mass is 613 g/mol. The minimum Gasteiger partial charge on any atom is -0.497 e. The number of benzene rings is 3. The van der Waals surface area contributed by atoms with E-state index in [1.165, 1.54) is 64.7 Å². The predicted octanol–water partition coefficient (Wildman–Crippen LogP) is 3.78. The van der Waals surface area contributed by atoms with E-state index in [0.717, 1.165) is 15.4 Å². The van der Waals surface area contributed by atoms with Crippen LogP contribution in [0, 0.1) is 6.92 Å². The van der Waals surface area contributed by atoms with Crippen LogP contribution in [0.3, 0.4) is 0 Å². The smallest absolute Gasteiger partial charge is 0.265 e. The average Bonchev–Trinajstić information content (AvgIpc) is 3.02. The SMILES string of the molecule is CC[C@H](C(=O)NC)N(Cc1cccc(C)c1)C(=O)CN(c1cc(OC)ccc1OC)S(=O)(=O)c1ccc(OC)c(OC)c1. The zero-order valence-corrected chi connectivity index (χ0v) is 26.4. The quantitative estimate of drug-likeness (QED) is 0.292. The van der Waals surface area contributed by atoms with Crippen molar-refractivity contribution in [1.29, 1.82) is 0 Å². The molecule has 3 aromatic carbocycles. The van der Waals surface area contributed by atoms with Crippen molar-refractivity contribution >= 4 is 27.5 Å². The molecule has 12 heteroatoms. The minimum atomic E-state index is -4.42. The largest absolute Gasteiger partial charge is 0.497 e. The van der Waals surface area contributed by atoms with Gasteiger partial charge in [0, 0.05) is 25.7 Å². The third kappa shape index (κ3) is 7.50. The van der Waals surface area contributed by atoms with Crippen molar-refractivity contribution in [3.05, 3.63) is 71.8 Å². The second-order valence-electron chi connectivity index (χ2n) is 9.62. The lowest BCUT2D eigenvalue weighted by Gasteiger charge is -2.33. The van der Waals surface area contributed by atoms with Gasteiger partial charge in [-0.15, -0.1) is 0 Å². The van der Waals surface area contributed by atoms with Gasteiger partial charge in [-0.2, -0.15) is 0 Å². The van der Waals surface area contributed by atoms with E-state index < -0.39 is 28.5 Å². The highest BCUT2D eigenvalue weighted by atomic mass is 32.2. The van der Waals surface area contributed by atoms with Crippen LogP contribution < -0.4 is 28.6 Å². The van der Waals surface area contributed by atoms with Gasteiger partial charge in [0.05, 0.1) is 39.0 Å². The summed E-state index contributed by atoms with van der Waals surface area (Å²) in [4.78, 5) is 28.4. The zero-order chi connectivity index (χ0) is 31.7. The first-order valence-corrected chi connectivity index (χ1v) is 15.0. The molecule has 0 heterocycles. The van der Waals surface area contributed by atoms with Gasteiger partial charge < -0.3 is 29.2 Å². The number of carbonyl (C=O) groups is 2. The predicted molar refractivity (Wildman–Crippen MR) is 163 cm³/mol. The Hall–Kier alpha value is -4.45. The van der Waals surface area contributed by atoms with Crippen molar-refractivity contribution in [3.63, 3.8) is 0 Å². The standard InChI is InChI=1S/C31H39N3O8S/c1-8-25(31(36)32-3)33(19-22-11-9-10-21(2)16-22)30(35)20-34(26-17-23(39-4)12-14-27(26)40-5)43(37,38)24-13-15-28(41-6)29(18-24)42-7/h9-18,25H,8,19-20H2,1-7H3,(H,32,36)/t25-/m1/s1. The topological polar surface area (TPSA) is 124 Å². The normalized spacial score (nSPS) is 11.7. The molecule has 0 aliphatic carbocycles. The highest BCUT2D eigenvalue weighted by Crippen LogP contribution is 2.37. The van der Waals surface area contributed by atoms with Crippen LogP contribution in [0.5, 0.6) is 23.0 Å². The zero-order valence-electron chi connectivity index (χ0n) is 25.5. The summed E-state index contributed by atoms with van der Waals surface area (Å²) in [6, 6.07) is 15.5. The molecular formula is C31H39N3O8S. The molecule has 0 aliphatic heterocycles. The molecule has 0 aromatic heterocycles. The Bertz CT molecular complexity index is 1540. The number of nitrogens with zero attached hydrogens (tertiary/aromatic N) is 2.